The largest absolute Gasteiger partial charge is 0.326 e. The van der Waals surface area contributed by atoms with E-state index in [4.69, 9.17) is 0 Å². The van der Waals surface area contributed by atoms with Crippen LogP contribution in [0.5, 0.6) is 0 Å². The van der Waals surface area contributed by atoms with Gasteiger partial charge in [-0.2, -0.15) is 0 Å². The van der Waals surface area contributed by atoms with Crippen molar-refractivity contribution < 1.29 is 4.79 Å². The van der Waals surface area contributed by atoms with E-state index >= 15 is 0 Å². The zero-order valence-corrected chi connectivity index (χ0v) is 11.7. The normalized spacial score (nSPS) is 24.4. The molecule has 1 amide bonds. The molecule has 0 aliphatic heterocycles. The number of carbonyl (C=O) groups is 1. The third-order valence-electron chi connectivity index (χ3n) is 3.48. The van der Waals surface area contributed by atoms with Crippen LogP contribution in [0.25, 0.3) is 0 Å². The Bertz CT molecular complexity index is 397. The lowest BCUT2D eigenvalue weighted by Gasteiger charge is -2.25. The van der Waals surface area contributed by atoms with Crippen LogP contribution < -0.4 is 5.32 Å². The van der Waals surface area contributed by atoms with Crippen LogP contribution in [0.4, 0.5) is 5.69 Å². The molecule has 17 heavy (non-hydrogen) atoms. The number of halogens is 1. The minimum atomic E-state index is 0.176. The monoisotopic (exact) mass is 295 g/mol. The summed E-state index contributed by atoms with van der Waals surface area (Å²) in [4.78, 5) is 12.1. The Hall–Kier alpha value is -0.830. The summed E-state index contributed by atoms with van der Waals surface area (Å²) in [5.74, 6) is 1.16. The summed E-state index contributed by atoms with van der Waals surface area (Å²) in [5.41, 5.74) is 0.878. The van der Waals surface area contributed by atoms with Crippen molar-refractivity contribution in [1.82, 2.24) is 0 Å². The van der Waals surface area contributed by atoms with Crippen LogP contribution in [0.3, 0.4) is 0 Å². The van der Waals surface area contributed by atoms with Gasteiger partial charge in [0.05, 0.1) is 0 Å². The summed E-state index contributed by atoms with van der Waals surface area (Å²) in [6.45, 7) is 2.27. The van der Waals surface area contributed by atoms with Crippen molar-refractivity contribution in [1.29, 1.82) is 0 Å². The molecule has 0 aromatic heterocycles. The van der Waals surface area contributed by atoms with E-state index in [1.807, 2.05) is 24.3 Å². The van der Waals surface area contributed by atoms with Gasteiger partial charge < -0.3 is 5.32 Å². The maximum atomic E-state index is 12.1. The first-order valence-electron chi connectivity index (χ1n) is 6.21. The van der Waals surface area contributed by atoms with Crippen LogP contribution in [-0.2, 0) is 4.79 Å². The second-order valence-electron chi connectivity index (χ2n) is 4.96. The highest BCUT2D eigenvalue weighted by Crippen LogP contribution is 2.29. The summed E-state index contributed by atoms with van der Waals surface area (Å²) >= 11 is 3.40. The Morgan fingerprint density at radius 3 is 2.65 bits per heavy atom. The van der Waals surface area contributed by atoms with Crippen LogP contribution in [0.15, 0.2) is 28.7 Å². The minimum Gasteiger partial charge on any atom is -0.326 e. The lowest BCUT2D eigenvalue weighted by atomic mass is 9.82. The van der Waals surface area contributed by atoms with Gasteiger partial charge in [0.15, 0.2) is 0 Å². The molecule has 2 nitrogen and oxygen atoms in total. The Balaban J connectivity index is 1.93. The van der Waals surface area contributed by atoms with E-state index in [-0.39, 0.29) is 11.8 Å². The zero-order chi connectivity index (χ0) is 12.3. The molecule has 1 aliphatic rings. The van der Waals surface area contributed by atoms with Crippen molar-refractivity contribution >= 4 is 27.5 Å². The van der Waals surface area contributed by atoms with Crippen LogP contribution in [0.2, 0.25) is 0 Å². The van der Waals surface area contributed by atoms with Gasteiger partial charge >= 0.3 is 0 Å². The SMILES string of the molecule is CC1CCC(C(=O)Nc2cccc(Br)c2)CC1. The molecule has 1 N–H and O–H groups in total. The predicted molar refractivity (Wildman–Crippen MR) is 73.9 cm³/mol. The van der Waals surface area contributed by atoms with Crippen molar-refractivity contribution in [2.24, 2.45) is 11.8 Å². The quantitative estimate of drug-likeness (QED) is 0.870. The first kappa shape index (κ1) is 12.6. The van der Waals surface area contributed by atoms with Gasteiger partial charge in [-0.1, -0.05) is 28.9 Å². The number of rotatable bonds is 2. The zero-order valence-electron chi connectivity index (χ0n) is 10.1. The Morgan fingerprint density at radius 1 is 1.29 bits per heavy atom. The third-order valence-corrected chi connectivity index (χ3v) is 3.97. The molecule has 0 heterocycles. The van der Waals surface area contributed by atoms with E-state index in [0.29, 0.717) is 0 Å². The number of carbonyl (C=O) groups excluding carboxylic acids is 1. The number of benzene rings is 1. The molecule has 1 saturated carbocycles. The molecule has 0 atom stereocenters. The molecule has 0 unspecified atom stereocenters. The van der Waals surface area contributed by atoms with E-state index < -0.39 is 0 Å². The summed E-state index contributed by atoms with van der Waals surface area (Å²) in [6.07, 6.45) is 4.41. The molecule has 3 heteroatoms. The van der Waals surface area contributed by atoms with E-state index in [9.17, 15) is 4.79 Å². The summed E-state index contributed by atoms with van der Waals surface area (Å²) in [6, 6.07) is 7.75. The number of hydrogen-bond acceptors (Lipinski definition) is 1. The first-order chi connectivity index (χ1) is 8.15. The van der Waals surface area contributed by atoms with E-state index in [2.05, 4.69) is 28.2 Å². The molecule has 1 aromatic carbocycles. The fourth-order valence-electron chi connectivity index (χ4n) is 2.33. The van der Waals surface area contributed by atoms with Crippen molar-refractivity contribution in [2.75, 3.05) is 5.32 Å². The van der Waals surface area contributed by atoms with Crippen molar-refractivity contribution in [3.05, 3.63) is 28.7 Å². The van der Waals surface area contributed by atoms with Gasteiger partial charge in [-0.3, -0.25) is 4.79 Å². The van der Waals surface area contributed by atoms with E-state index in [0.717, 1.165) is 28.9 Å². The number of amides is 1. The highest BCUT2D eigenvalue weighted by molar-refractivity contribution is 9.10. The van der Waals surface area contributed by atoms with Crippen LogP contribution >= 0.6 is 15.9 Å². The minimum absolute atomic E-state index is 0.176. The molecule has 1 fully saturated rings. The smallest absolute Gasteiger partial charge is 0.227 e. The molecule has 2 rings (SSSR count). The Morgan fingerprint density at radius 2 is 2.00 bits per heavy atom. The third kappa shape index (κ3) is 3.56. The molecule has 92 valence electrons. The molecule has 1 aliphatic carbocycles. The number of anilines is 1. The maximum Gasteiger partial charge on any atom is 0.227 e. The average molecular weight is 296 g/mol. The van der Waals surface area contributed by atoms with E-state index in [1.165, 1.54) is 12.8 Å². The van der Waals surface area contributed by atoms with Crippen LogP contribution in [0, 0.1) is 11.8 Å². The highest BCUT2D eigenvalue weighted by atomic mass is 79.9. The Labute approximate surface area is 111 Å². The van der Waals surface area contributed by atoms with Gasteiger partial charge in [-0.05, 0) is 49.8 Å². The molecule has 0 spiro atoms. The van der Waals surface area contributed by atoms with Gasteiger partial charge in [-0.25, -0.2) is 0 Å². The number of nitrogens with one attached hydrogen (secondary N) is 1. The lowest BCUT2D eigenvalue weighted by molar-refractivity contribution is -0.121. The Kier molecular flexibility index (Phi) is 4.21. The standard InChI is InChI=1S/C14H18BrNO/c1-10-5-7-11(8-6-10)14(17)16-13-4-2-3-12(15)9-13/h2-4,9-11H,5-8H2,1H3,(H,16,17). The van der Waals surface area contributed by atoms with Gasteiger partial charge in [0, 0.05) is 16.1 Å². The topological polar surface area (TPSA) is 29.1 Å². The second kappa shape index (κ2) is 5.67. The average Bonchev–Trinajstić information content (AvgIpc) is 2.29. The molecule has 0 radical (unpaired) electrons. The summed E-state index contributed by atoms with van der Waals surface area (Å²) in [5, 5.41) is 3.00. The van der Waals surface area contributed by atoms with Crippen LogP contribution in [-0.4, -0.2) is 5.91 Å². The molecular formula is C14H18BrNO. The van der Waals surface area contributed by atoms with Gasteiger partial charge in [0.2, 0.25) is 5.91 Å². The summed E-state index contributed by atoms with van der Waals surface area (Å²) < 4.78 is 0.993. The fourth-order valence-corrected chi connectivity index (χ4v) is 2.73. The summed E-state index contributed by atoms with van der Waals surface area (Å²) in [7, 11) is 0. The molecule has 0 saturated heterocycles. The molecular weight excluding hydrogens is 278 g/mol. The van der Waals surface area contributed by atoms with E-state index in [1.54, 1.807) is 0 Å². The predicted octanol–water partition coefficient (Wildman–Crippen LogP) is 4.21. The van der Waals surface area contributed by atoms with Gasteiger partial charge in [0.25, 0.3) is 0 Å². The first-order valence-corrected chi connectivity index (χ1v) is 7.01. The second-order valence-corrected chi connectivity index (χ2v) is 5.87. The lowest BCUT2D eigenvalue weighted by Crippen LogP contribution is -2.26. The molecule has 0 bridgehead atoms. The van der Waals surface area contributed by atoms with Gasteiger partial charge in [-0.15, -0.1) is 0 Å². The number of hydrogen-bond donors (Lipinski definition) is 1. The van der Waals surface area contributed by atoms with Crippen LogP contribution in [0.1, 0.15) is 32.6 Å². The highest BCUT2D eigenvalue weighted by Gasteiger charge is 2.24. The van der Waals surface area contributed by atoms with Crippen molar-refractivity contribution in [3.8, 4) is 0 Å². The fraction of sp³-hybridized carbons (Fsp3) is 0.500. The van der Waals surface area contributed by atoms with Crippen molar-refractivity contribution in [3.63, 3.8) is 0 Å². The molecule has 1 aromatic rings. The van der Waals surface area contributed by atoms with Crippen molar-refractivity contribution in [2.45, 2.75) is 32.6 Å². The van der Waals surface area contributed by atoms with Gasteiger partial charge in [0.1, 0.15) is 0 Å². The maximum absolute atomic E-state index is 12.1.